The summed E-state index contributed by atoms with van der Waals surface area (Å²) in [6.07, 6.45) is 3.60. The highest BCUT2D eigenvalue weighted by Gasteiger charge is 2.24. The first-order valence-electron chi connectivity index (χ1n) is 8.10. The summed E-state index contributed by atoms with van der Waals surface area (Å²) in [6, 6.07) is 8.45. The Hall–Kier alpha value is -2.76. The average molecular weight is 325 g/mol. The van der Waals surface area contributed by atoms with E-state index >= 15 is 0 Å². The first kappa shape index (κ1) is 14.8. The Balaban J connectivity index is 1.40. The molecule has 0 unspecified atom stereocenters. The van der Waals surface area contributed by atoms with Crippen molar-refractivity contribution in [2.24, 2.45) is 0 Å². The number of carbonyl (C=O) groups excluding carboxylic acids is 1. The van der Waals surface area contributed by atoms with Crippen molar-refractivity contribution in [3.8, 4) is 0 Å². The summed E-state index contributed by atoms with van der Waals surface area (Å²) >= 11 is 0. The predicted octanol–water partition coefficient (Wildman–Crippen LogP) is 2.62. The van der Waals surface area contributed by atoms with Gasteiger partial charge in [-0.25, -0.2) is 0 Å². The molecule has 1 fully saturated rings. The summed E-state index contributed by atoms with van der Waals surface area (Å²) in [5.41, 5.74) is 3.76. The number of fused-ring (bicyclic) bond motifs is 1. The lowest BCUT2D eigenvalue weighted by molar-refractivity contribution is -0.130. The van der Waals surface area contributed by atoms with Crippen molar-refractivity contribution in [3.05, 3.63) is 47.9 Å². The predicted molar refractivity (Wildman–Crippen MR) is 90.0 cm³/mol. The number of aromatic nitrogens is 1. The van der Waals surface area contributed by atoms with Gasteiger partial charge in [0.15, 0.2) is 5.58 Å². The number of piperazine rings is 1. The lowest BCUT2D eigenvalue weighted by Gasteiger charge is -2.33. The first-order valence-corrected chi connectivity index (χ1v) is 8.10. The third-order valence-corrected chi connectivity index (χ3v) is 4.37. The molecule has 3 heterocycles. The van der Waals surface area contributed by atoms with Crippen LogP contribution in [0.5, 0.6) is 0 Å². The van der Waals surface area contributed by atoms with Crippen LogP contribution in [0.1, 0.15) is 11.1 Å². The molecule has 0 aliphatic carbocycles. The van der Waals surface area contributed by atoms with Crippen LogP contribution < -0.4 is 4.90 Å². The molecule has 1 aliphatic rings. The minimum absolute atomic E-state index is 0.129. The molecule has 0 bridgehead atoms. The number of aryl methyl sites for hydroxylation is 1. The second-order valence-corrected chi connectivity index (χ2v) is 6.14. The third kappa shape index (κ3) is 2.87. The normalized spacial score (nSPS) is 15.2. The average Bonchev–Trinajstić information content (AvgIpc) is 3.24. The van der Waals surface area contributed by atoms with Crippen LogP contribution in [0.4, 0.5) is 6.01 Å². The van der Waals surface area contributed by atoms with E-state index in [2.05, 4.69) is 9.88 Å². The molecule has 0 atom stereocenters. The molecule has 3 aromatic rings. The monoisotopic (exact) mass is 325 g/mol. The van der Waals surface area contributed by atoms with Crippen LogP contribution in [0.25, 0.3) is 11.1 Å². The molecule has 2 aromatic heterocycles. The number of anilines is 1. The van der Waals surface area contributed by atoms with Gasteiger partial charge in [-0.3, -0.25) is 4.79 Å². The molecule has 124 valence electrons. The van der Waals surface area contributed by atoms with Gasteiger partial charge in [-0.15, -0.1) is 0 Å². The lowest BCUT2D eigenvalue weighted by atomic mass is 10.2. The smallest absolute Gasteiger partial charge is 0.298 e. The molecule has 1 amide bonds. The van der Waals surface area contributed by atoms with Gasteiger partial charge in [0.05, 0.1) is 18.9 Å². The molecule has 6 heteroatoms. The summed E-state index contributed by atoms with van der Waals surface area (Å²) in [5, 5.41) is 0. The van der Waals surface area contributed by atoms with Crippen molar-refractivity contribution in [1.82, 2.24) is 9.88 Å². The van der Waals surface area contributed by atoms with Gasteiger partial charge in [0.2, 0.25) is 5.91 Å². The van der Waals surface area contributed by atoms with Gasteiger partial charge in [-0.2, -0.15) is 4.98 Å². The van der Waals surface area contributed by atoms with E-state index in [9.17, 15) is 4.79 Å². The molecule has 0 saturated carbocycles. The van der Waals surface area contributed by atoms with E-state index in [4.69, 9.17) is 8.83 Å². The Bertz CT molecular complexity index is 846. The molecule has 4 rings (SSSR count). The van der Waals surface area contributed by atoms with Crippen LogP contribution in [0.15, 0.2) is 45.6 Å². The molecule has 1 aliphatic heterocycles. The van der Waals surface area contributed by atoms with Crippen molar-refractivity contribution >= 4 is 23.0 Å². The highest BCUT2D eigenvalue weighted by atomic mass is 16.4. The van der Waals surface area contributed by atoms with Crippen LogP contribution in [-0.4, -0.2) is 42.0 Å². The largest absolute Gasteiger partial charge is 0.472 e. The summed E-state index contributed by atoms with van der Waals surface area (Å²) in [5.74, 6) is 0.129. The topological polar surface area (TPSA) is 62.7 Å². The number of nitrogens with zero attached hydrogens (tertiary/aromatic N) is 3. The molecule has 24 heavy (non-hydrogen) atoms. The van der Waals surface area contributed by atoms with Crippen LogP contribution in [0.2, 0.25) is 0 Å². The number of amides is 1. The van der Waals surface area contributed by atoms with Crippen LogP contribution in [-0.2, 0) is 11.2 Å². The van der Waals surface area contributed by atoms with Crippen molar-refractivity contribution in [2.75, 3.05) is 31.1 Å². The zero-order valence-corrected chi connectivity index (χ0v) is 13.6. The fraction of sp³-hybridized carbons (Fsp3) is 0.333. The lowest BCUT2D eigenvalue weighted by Crippen LogP contribution is -2.49. The van der Waals surface area contributed by atoms with E-state index < -0.39 is 0 Å². The molecule has 1 aromatic carbocycles. The van der Waals surface area contributed by atoms with Gasteiger partial charge < -0.3 is 18.6 Å². The molecule has 6 nitrogen and oxygen atoms in total. The van der Waals surface area contributed by atoms with E-state index in [1.54, 1.807) is 12.5 Å². The van der Waals surface area contributed by atoms with Gasteiger partial charge >= 0.3 is 0 Å². The Morgan fingerprint density at radius 1 is 1.21 bits per heavy atom. The molecule has 1 saturated heterocycles. The molecular formula is C18H19N3O3. The number of furan rings is 1. The Morgan fingerprint density at radius 3 is 2.79 bits per heavy atom. The van der Waals surface area contributed by atoms with Crippen molar-refractivity contribution in [2.45, 2.75) is 13.3 Å². The number of hydrogen-bond donors (Lipinski definition) is 0. The molecule has 0 N–H and O–H groups in total. The fourth-order valence-corrected chi connectivity index (χ4v) is 2.99. The Morgan fingerprint density at radius 2 is 2.04 bits per heavy atom. The highest BCUT2D eigenvalue weighted by Crippen LogP contribution is 2.23. The zero-order chi connectivity index (χ0) is 16.5. The minimum atomic E-state index is 0.129. The standard InChI is InChI=1S/C18H19N3O3/c1-13-2-3-16-15(10-13)19-18(24-16)21-7-5-20(6-8-21)17(22)11-14-4-9-23-12-14/h2-4,9-10,12H,5-8,11H2,1H3. The SMILES string of the molecule is Cc1ccc2oc(N3CCN(C(=O)Cc4ccoc4)CC3)nc2c1. The summed E-state index contributed by atoms with van der Waals surface area (Å²) in [7, 11) is 0. The highest BCUT2D eigenvalue weighted by molar-refractivity contribution is 5.79. The van der Waals surface area contributed by atoms with Gasteiger partial charge in [-0.1, -0.05) is 6.07 Å². The zero-order valence-electron chi connectivity index (χ0n) is 13.6. The van der Waals surface area contributed by atoms with Gasteiger partial charge in [0.1, 0.15) is 5.52 Å². The Labute approximate surface area is 139 Å². The van der Waals surface area contributed by atoms with Crippen molar-refractivity contribution < 1.29 is 13.6 Å². The summed E-state index contributed by atoms with van der Waals surface area (Å²) in [6.45, 7) is 4.84. The quantitative estimate of drug-likeness (QED) is 0.741. The van der Waals surface area contributed by atoms with Gasteiger partial charge in [0, 0.05) is 26.2 Å². The van der Waals surface area contributed by atoms with Crippen molar-refractivity contribution in [3.63, 3.8) is 0 Å². The maximum atomic E-state index is 12.3. The maximum absolute atomic E-state index is 12.3. The van der Waals surface area contributed by atoms with Crippen LogP contribution in [0, 0.1) is 6.92 Å². The number of carbonyl (C=O) groups is 1. The number of oxazole rings is 1. The number of hydrogen-bond acceptors (Lipinski definition) is 5. The molecule has 0 spiro atoms. The van der Waals surface area contributed by atoms with E-state index in [1.807, 2.05) is 36.1 Å². The molecule has 0 radical (unpaired) electrons. The maximum Gasteiger partial charge on any atom is 0.298 e. The van der Waals surface area contributed by atoms with E-state index in [1.165, 1.54) is 0 Å². The third-order valence-electron chi connectivity index (χ3n) is 4.37. The summed E-state index contributed by atoms with van der Waals surface area (Å²) < 4.78 is 10.9. The Kier molecular flexibility index (Phi) is 3.72. The second kappa shape index (κ2) is 6.03. The molecular weight excluding hydrogens is 306 g/mol. The fourth-order valence-electron chi connectivity index (χ4n) is 2.99. The van der Waals surface area contributed by atoms with E-state index in [0.717, 1.165) is 35.3 Å². The van der Waals surface area contributed by atoms with Gasteiger partial charge in [0.25, 0.3) is 6.01 Å². The van der Waals surface area contributed by atoms with Gasteiger partial charge in [-0.05, 0) is 36.2 Å². The van der Waals surface area contributed by atoms with E-state index in [0.29, 0.717) is 25.5 Å². The number of rotatable bonds is 3. The summed E-state index contributed by atoms with van der Waals surface area (Å²) in [4.78, 5) is 20.9. The van der Waals surface area contributed by atoms with Crippen LogP contribution in [0.3, 0.4) is 0 Å². The van der Waals surface area contributed by atoms with Crippen LogP contribution >= 0.6 is 0 Å². The minimum Gasteiger partial charge on any atom is -0.472 e. The second-order valence-electron chi connectivity index (χ2n) is 6.14. The first-order chi connectivity index (χ1) is 11.7. The van der Waals surface area contributed by atoms with E-state index in [-0.39, 0.29) is 5.91 Å². The van der Waals surface area contributed by atoms with Crippen molar-refractivity contribution in [1.29, 1.82) is 0 Å². The number of benzene rings is 1.